The van der Waals surface area contributed by atoms with E-state index in [1.165, 1.54) is 0 Å². The monoisotopic (exact) mass is 197 g/mol. The summed E-state index contributed by atoms with van der Waals surface area (Å²) in [4.78, 5) is 0. The summed E-state index contributed by atoms with van der Waals surface area (Å²) in [5, 5.41) is 0. The van der Waals surface area contributed by atoms with Crippen LogP contribution in [0.5, 0.6) is 0 Å². The van der Waals surface area contributed by atoms with Gasteiger partial charge in [0.1, 0.15) is 0 Å². The fourth-order valence-electron chi connectivity index (χ4n) is 0.450. The van der Waals surface area contributed by atoms with Crippen molar-refractivity contribution in [2.75, 3.05) is 25.5 Å². The first-order valence-corrected chi connectivity index (χ1v) is 6.50. The molecule has 0 aromatic carbocycles. The summed E-state index contributed by atoms with van der Waals surface area (Å²) >= 11 is 1.67. The van der Waals surface area contributed by atoms with Crippen molar-refractivity contribution in [2.24, 2.45) is 5.73 Å². The molecule has 0 rings (SSSR count). The summed E-state index contributed by atoms with van der Waals surface area (Å²) in [7, 11) is -0.730. The normalized spacial score (nSPS) is 10.9. The van der Waals surface area contributed by atoms with E-state index in [0.717, 1.165) is 5.75 Å². The van der Waals surface area contributed by atoms with Crippen LogP contribution in [0.15, 0.2) is 0 Å². The molecule has 0 aromatic rings. The molecule has 0 aliphatic heterocycles. The second kappa shape index (κ2) is 8.75. The summed E-state index contributed by atoms with van der Waals surface area (Å²) in [6.45, 7) is 6.05. The summed E-state index contributed by atoms with van der Waals surface area (Å²) in [6, 6.07) is 0. The molecular weight excluding hydrogens is 181 g/mol. The molecule has 11 heavy (non-hydrogen) atoms. The molecule has 0 amide bonds. The number of rotatable bonds is 7. The van der Waals surface area contributed by atoms with E-state index in [1.54, 1.807) is 11.4 Å². The fraction of sp³-hybridized carbons (Fsp3) is 1.00. The van der Waals surface area contributed by atoms with Crippen molar-refractivity contribution in [3.8, 4) is 0 Å². The summed E-state index contributed by atoms with van der Waals surface area (Å²) in [6.07, 6.45) is 0. The van der Waals surface area contributed by atoms with Crippen LogP contribution in [0.1, 0.15) is 13.8 Å². The molecule has 68 valence electrons. The molecule has 0 saturated heterocycles. The zero-order chi connectivity index (χ0) is 8.53. The molecule has 0 aromatic heterocycles. The Labute approximate surface area is 73.7 Å². The zero-order valence-corrected chi connectivity index (χ0v) is 8.79. The van der Waals surface area contributed by atoms with Gasteiger partial charge in [-0.2, -0.15) is 0 Å². The largest absolute Gasteiger partial charge is 0.330 e. The zero-order valence-electron chi connectivity index (χ0n) is 7.08. The van der Waals surface area contributed by atoms with Crippen LogP contribution in [0.2, 0.25) is 0 Å². The van der Waals surface area contributed by atoms with Crippen molar-refractivity contribution in [3.63, 3.8) is 0 Å². The van der Waals surface area contributed by atoms with E-state index in [4.69, 9.17) is 14.8 Å². The molecule has 0 radical (unpaired) electrons. The van der Waals surface area contributed by atoms with Gasteiger partial charge in [-0.1, -0.05) is 11.4 Å². The Balaban J connectivity index is 3.34. The Morgan fingerprint density at radius 1 is 1.27 bits per heavy atom. The van der Waals surface area contributed by atoms with Gasteiger partial charge < -0.3 is 14.8 Å². The lowest BCUT2D eigenvalue weighted by Crippen LogP contribution is -2.01. The molecule has 0 spiro atoms. The number of nitrogens with two attached hydrogens (primary N) is 1. The van der Waals surface area contributed by atoms with Crippen molar-refractivity contribution in [2.45, 2.75) is 13.8 Å². The molecule has 0 heterocycles. The van der Waals surface area contributed by atoms with E-state index in [1.807, 2.05) is 13.8 Å². The molecule has 0 aliphatic rings. The summed E-state index contributed by atoms with van der Waals surface area (Å²) < 4.78 is 10.7. The van der Waals surface area contributed by atoms with Crippen LogP contribution in [0.3, 0.4) is 0 Å². The van der Waals surface area contributed by atoms with Crippen molar-refractivity contribution < 1.29 is 9.05 Å². The topological polar surface area (TPSA) is 44.5 Å². The molecule has 0 fully saturated rings. The van der Waals surface area contributed by atoms with Crippen molar-refractivity contribution >= 4 is 19.0 Å². The van der Waals surface area contributed by atoms with E-state index in [2.05, 4.69) is 0 Å². The van der Waals surface area contributed by atoms with Gasteiger partial charge in [0, 0.05) is 12.3 Å². The highest BCUT2D eigenvalue weighted by atomic mass is 32.7. The van der Waals surface area contributed by atoms with E-state index in [-0.39, 0.29) is 0 Å². The van der Waals surface area contributed by atoms with Crippen LogP contribution >= 0.6 is 19.0 Å². The predicted molar refractivity (Wildman–Crippen MR) is 51.7 cm³/mol. The van der Waals surface area contributed by atoms with Crippen LogP contribution in [-0.2, 0) is 9.05 Å². The van der Waals surface area contributed by atoms with Crippen LogP contribution in [0.4, 0.5) is 0 Å². The lowest BCUT2D eigenvalue weighted by atomic mass is 10.8. The van der Waals surface area contributed by atoms with Gasteiger partial charge in [0.05, 0.1) is 13.2 Å². The molecule has 2 N–H and O–H groups in total. The minimum absolute atomic E-state index is 0.684. The average molecular weight is 197 g/mol. The quantitative estimate of drug-likeness (QED) is 0.634. The minimum Gasteiger partial charge on any atom is -0.330 e. The smallest absolute Gasteiger partial charge is 0.238 e. The molecule has 0 bridgehead atoms. The van der Waals surface area contributed by atoms with Crippen molar-refractivity contribution in [1.82, 2.24) is 0 Å². The molecule has 0 unspecified atom stereocenters. The summed E-state index contributed by atoms with van der Waals surface area (Å²) in [5.74, 6) is 0.908. The average Bonchev–Trinajstić information content (AvgIpc) is 2.01. The van der Waals surface area contributed by atoms with Crippen LogP contribution in [-0.4, -0.2) is 25.5 Å². The maximum Gasteiger partial charge on any atom is 0.238 e. The van der Waals surface area contributed by atoms with Crippen molar-refractivity contribution in [1.29, 1.82) is 0 Å². The third-order valence-electron chi connectivity index (χ3n) is 0.784. The summed E-state index contributed by atoms with van der Waals surface area (Å²) in [5.41, 5.74) is 5.35. The second-order valence-electron chi connectivity index (χ2n) is 1.68. The van der Waals surface area contributed by atoms with E-state index < -0.39 is 7.58 Å². The Hall–Kier alpha value is 0.660. The SMILES string of the molecule is CCOP(OCC)SCCN. The lowest BCUT2D eigenvalue weighted by Gasteiger charge is -2.13. The molecule has 0 atom stereocenters. The highest BCUT2D eigenvalue weighted by Crippen LogP contribution is 2.51. The van der Waals surface area contributed by atoms with E-state index >= 15 is 0 Å². The van der Waals surface area contributed by atoms with Gasteiger partial charge in [-0.25, -0.2) is 0 Å². The Bertz CT molecular complexity index is 81.0. The van der Waals surface area contributed by atoms with Gasteiger partial charge in [0.15, 0.2) is 0 Å². The first-order valence-electron chi connectivity index (χ1n) is 3.74. The fourth-order valence-corrected chi connectivity index (χ4v) is 3.19. The maximum atomic E-state index is 5.35. The van der Waals surface area contributed by atoms with E-state index in [9.17, 15) is 0 Å². The molecule has 0 aliphatic carbocycles. The van der Waals surface area contributed by atoms with Gasteiger partial charge >= 0.3 is 0 Å². The lowest BCUT2D eigenvalue weighted by molar-refractivity contribution is 0.283. The van der Waals surface area contributed by atoms with Gasteiger partial charge in [0.25, 0.3) is 0 Å². The third-order valence-corrected chi connectivity index (χ3v) is 4.16. The van der Waals surface area contributed by atoms with Crippen LogP contribution < -0.4 is 5.73 Å². The molecule has 5 heteroatoms. The number of hydrogen-bond acceptors (Lipinski definition) is 4. The minimum atomic E-state index is -0.730. The Morgan fingerprint density at radius 3 is 2.18 bits per heavy atom. The van der Waals surface area contributed by atoms with Gasteiger partial charge in [-0.05, 0) is 13.8 Å². The first-order chi connectivity index (χ1) is 5.35. The second-order valence-corrected chi connectivity index (χ2v) is 4.98. The van der Waals surface area contributed by atoms with Crippen LogP contribution in [0, 0.1) is 0 Å². The van der Waals surface area contributed by atoms with Crippen LogP contribution in [0.25, 0.3) is 0 Å². The Kier molecular flexibility index (Phi) is 9.28. The number of hydrogen-bond donors (Lipinski definition) is 1. The highest BCUT2D eigenvalue weighted by Gasteiger charge is 2.07. The third kappa shape index (κ3) is 7.04. The standard InChI is InChI=1S/C6H16NO2PS/c1-3-8-10(9-4-2)11-6-5-7/h3-7H2,1-2H3. The Morgan fingerprint density at radius 2 is 1.82 bits per heavy atom. The van der Waals surface area contributed by atoms with E-state index in [0.29, 0.717) is 19.8 Å². The van der Waals surface area contributed by atoms with Crippen molar-refractivity contribution in [3.05, 3.63) is 0 Å². The van der Waals surface area contributed by atoms with Gasteiger partial charge in [-0.15, -0.1) is 0 Å². The molecule has 0 saturated carbocycles. The highest BCUT2D eigenvalue weighted by molar-refractivity contribution is 8.52. The van der Waals surface area contributed by atoms with Gasteiger partial charge in [0.2, 0.25) is 7.58 Å². The maximum absolute atomic E-state index is 5.35. The molecular formula is C6H16NO2PS. The molecule has 3 nitrogen and oxygen atoms in total. The first kappa shape index (κ1) is 11.7. The predicted octanol–water partition coefficient (Wildman–Crippen LogP) is 1.98. The van der Waals surface area contributed by atoms with Gasteiger partial charge in [-0.3, -0.25) is 0 Å².